The first kappa shape index (κ1) is 6.68. The van der Waals surface area contributed by atoms with Crippen LogP contribution in [0.4, 0.5) is 0 Å². The minimum atomic E-state index is -0.710. The van der Waals surface area contributed by atoms with E-state index in [4.69, 9.17) is 5.73 Å². The summed E-state index contributed by atoms with van der Waals surface area (Å²) in [6.07, 6.45) is 4.87. The molecule has 3 nitrogen and oxygen atoms in total. The highest BCUT2D eigenvalue weighted by Crippen LogP contribution is 2.26. The van der Waals surface area contributed by atoms with Gasteiger partial charge >= 0.3 is 0 Å². The summed E-state index contributed by atoms with van der Waals surface area (Å²) in [6, 6.07) is 0. The summed E-state index contributed by atoms with van der Waals surface area (Å²) in [7, 11) is 0. The van der Waals surface area contributed by atoms with E-state index >= 15 is 0 Å². The standard InChI is InChI=1S/C6H12N2O/c7-6(8-9)4-2-1-3-5-6/h1-5,7H2. The van der Waals surface area contributed by atoms with Crippen LogP contribution in [0, 0.1) is 4.91 Å². The third-order valence-electron chi connectivity index (χ3n) is 1.90. The molecule has 3 heteroatoms. The molecule has 0 aliphatic heterocycles. The summed E-state index contributed by atoms with van der Waals surface area (Å²) in [5.41, 5.74) is 4.87. The molecule has 1 aliphatic rings. The van der Waals surface area contributed by atoms with Crippen molar-refractivity contribution in [2.45, 2.75) is 37.8 Å². The molecule has 0 aromatic rings. The average molecular weight is 128 g/mol. The van der Waals surface area contributed by atoms with E-state index in [1.54, 1.807) is 0 Å². The molecule has 0 aromatic heterocycles. The van der Waals surface area contributed by atoms with Crippen LogP contribution in [-0.2, 0) is 0 Å². The van der Waals surface area contributed by atoms with Gasteiger partial charge < -0.3 is 5.73 Å². The molecule has 0 saturated heterocycles. The van der Waals surface area contributed by atoms with Crippen molar-refractivity contribution in [3.63, 3.8) is 0 Å². The molecule has 2 N–H and O–H groups in total. The first-order valence-electron chi connectivity index (χ1n) is 3.40. The van der Waals surface area contributed by atoms with Gasteiger partial charge in [0.25, 0.3) is 0 Å². The first-order chi connectivity index (χ1) is 4.27. The van der Waals surface area contributed by atoms with Crippen LogP contribution < -0.4 is 5.73 Å². The van der Waals surface area contributed by atoms with Crippen molar-refractivity contribution in [1.82, 2.24) is 0 Å². The fraction of sp³-hybridized carbons (Fsp3) is 1.00. The van der Waals surface area contributed by atoms with Gasteiger partial charge in [0, 0.05) is 0 Å². The summed E-state index contributed by atoms with van der Waals surface area (Å²) < 4.78 is 0. The fourth-order valence-corrected chi connectivity index (χ4v) is 1.26. The molecule has 9 heavy (non-hydrogen) atoms. The van der Waals surface area contributed by atoms with E-state index in [1.807, 2.05) is 0 Å². The number of nitroso groups, excluding NO2 is 1. The fourth-order valence-electron chi connectivity index (χ4n) is 1.26. The Morgan fingerprint density at radius 1 is 1.22 bits per heavy atom. The van der Waals surface area contributed by atoms with Crippen LogP contribution >= 0.6 is 0 Å². The van der Waals surface area contributed by atoms with Crippen LogP contribution in [0.15, 0.2) is 5.18 Å². The molecular formula is C6H12N2O. The second-order valence-electron chi connectivity index (χ2n) is 2.76. The predicted molar refractivity (Wildman–Crippen MR) is 35.8 cm³/mol. The Hall–Kier alpha value is -0.440. The third kappa shape index (κ3) is 1.48. The Kier molecular flexibility index (Phi) is 1.81. The molecule has 0 radical (unpaired) electrons. The highest BCUT2D eigenvalue weighted by atomic mass is 16.3. The van der Waals surface area contributed by atoms with Crippen molar-refractivity contribution in [2.24, 2.45) is 10.9 Å². The van der Waals surface area contributed by atoms with Crippen LogP contribution in [0.1, 0.15) is 32.1 Å². The van der Waals surface area contributed by atoms with Crippen LogP contribution in [0.25, 0.3) is 0 Å². The van der Waals surface area contributed by atoms with Crippen LogP contribution in [-0.4, -0.2) is 5.66 Å². The zero-order chi connectivity index (χ0) is 6.74. The second-order valence-corrected chi connectivity index (χ2v) is 2.76. The van der Waals surface area contributed by atoms with E-state index < -0.39 is 5.66 Å². The number of nitrogens with zero attached hydrogens (tertiary/aromatic N) is 1. The second kappa shape index (κ2) is 2.43. The predicted octanol–water partition coefficient (Wildman–Crippen LogP) is 1.37. The smallest absolute Gasteiger partial charge is 0.150 e. The van der Waals surface area contributed by atoms with Crippen molar-refractivity contribution in [1.29, 1.82) is 0 Å². The number of hydrogen-bond acceptors (Lipinski definition) is 3. The third-order valence-corrected chi connectivity index (χ3v) is 1.90. The highest BCUT2D eigenvalue weighted by Gasteiger charge is 2.27. The quantitative estimate of drug-likeness (QED) is 0.542. The largest absolute Gasteiger partial charge is 0.304 e. The average Bonchev–Trinajstić information content (AvgIpc) is 1.90. The number of rotatable bonds is 1. The minimum Gasteiger partial charge on any atom is -0.304 e. The van der Waals surface area contributed by atoms with Gasteiger partial charge in [-0.2, -0.15) is 0 Å². The molecule has 1 aliphatic carbocycles. The van der Waals surface area contributed by atoms with Gasteiger partial charge in [0.1, 0.15) is 5.66 Å². The Balaban J connectivity index is 2.46. The van der Waals surface area contributed by atoms with Gasteiger partial charge in [-0.3, -0.25) is 0 Å². The van der Waals surface area contributed by atoms with Crippen molar-refractivity contribution >= 4 is 0 Å². The van der Waals surface area contributed by atoms with Crippen molar-refractivity contribution in [3.05, 3.63) is 4.91 Å². The van der Waals surface area contributed by atoms with Crippen molar-refractivity contribution in [2.75, 3.05) is 0 Å². The Bertz CT molecular complexity index is 108. The Labute approximate surface area is 54.6 Å². The maximum absolute atomic E-state index is 10.1. The molecule has 0 unspecified atom stereocenters. The molecule has 0 spiro atoms. The maximum Gasteiger partial charge on any atom is 0.150 e. The normalized spacial score (nSPS) is 25.4. The summed E-state index contributed by atoms with van der Waals surface area (Å²) >= 11 is 0. The summed E-state index contributed by atoms with van der Waals surface area (Å²) in [6.45, 7) is 0. The van der Waals surface area contributed by atoms with Gasteiger partial charge in [-0.15, -0.1) is 4.91 Å². The molecular weight excluding hydrogens is 116 g/mol. The zero-order valence-electron chi connectivity index (χ0n) is 5.47. The van der Waals surface area contributed by atoms with Gasteiger partial charge in [-0.1, -0.05) is 6.42 Å². The summed E-state index contributed by atoms with van der Waals surface area (Å²) in [5, 5.41) is 2.91. The zero-order valence-corrected chi connectivity index (χ0v) is 5.47. The molecule has 0 bridgehead atoms. The topological polar surface area (TPSA) is 55.4 Å². The monoisotopic (exact) mass is 128 g/mol. The van der Waals surface area contributed by atoms with Crippen molar-refractivity contribution in [3.8, 4) is 0 Å². The van der Waals surface area contributed by atoms with Crippen LogP contribution in [0.5, 0.6) is 0 Å². The summed E-state index contributed by atoms with van der Waals surface area (Å²) in [4.78, 5) is 10.1. The van der Waals surface area contributed by atoms with E-state index in [2.05, 4.69) is 5.18 Å². The Morgan fingerprint density at radius 2 is 1.78 bits per heavy atom. The number of hydrogen-bond donors (Lipinski definition) is 1. The van der Waals surface area contributed by atoms with E-state index in [0.29, 0.717) is 0 Å². The minimum absolute atomic E-state index is 0.710. The number of nitrogens with two attached hydrogens (primary N) is 1. The van der Waals surface area contributed by atoms with Gasteiger partial charge in [-0.05, 0) is 30.9 Å². The van der Waals surface area contributed by atoms with Crippen molar-refractivity contribution < 1.29 is 0 Å². The van der Waals surface area contributed by atoms with Gasteiger partial charge in [0.2, 0.25) is 0 Å². The Morgan fingerprint density at radius 3 is 2.11 bits per heavy atom. The molecule has 0 heterocycles. The molecule has 0 aromatic carbocycles. The molecule has 52 valence electrons. The molecule has 1 rings (SSSR count). The molecule has 0 amide bonds. The molecule has 1 saturated carbocycles. The lowest BCUT2D eigenvalue weighted by molar-refractivity contribution is 0.306. The highest BCUT2D eigenvalue weighted by molar-refractivity contribution is 4.83. The summed E-state index contributed by atoms with van der Waals surface area (Å²) in [5.74, 6) is 0. The lowest BCUT2D eigenvalue weighted by Gasteiger charge is -2.25. The van der Waals surface area contributed by atoms with Crippen LogP contribution in [0.2, 0.25) is 0 Å². The van der Waals surface area contributed by atoms with Gasteiger partial charge in [0.15, 0.2) is 0 Å². The lowest BCUT2D eigenvalue weighted by Crippen LogP contribution is -2.38. The SMILES string of the molecule is NC1(N=O)CCCCC1. The first-order valence-corrected chi connectivity index (χ1v) is 3.40. The molecule has 1 fully saturated rings. The maximum atomic E-state index is 10.1. The molecule has 0 atom stereocenters. The van der Waals surface area contributed by atoms with E-state index in [9.17, 15) is 4.91 Å². The van der Waals surface area contributed by atoms with E-state index in [1.165, 1.54) is 6.42 Å². The van der Waals surface area contributed by atoms with Gasteiger partial charge in [0.05, 0.1) is 0 Å². The van der Waals surface area contributed by atoms with E-state index in [-0.39, 0.29) is 0 Å². The van der Waals surface area contributed by atoms with Crippen LogP contribution in [0.3, 0.4) is 0 Å². The lowest BCUT2D eigenvalue weighted by atomic mass is 9.91. The van der Waals surface area contributed by atoms with E-state index in [0.717, 1.165) is 25.7 Å². The van der Waals surface area contributed by atoms with Gasteiger partial charge in [-0.25, -0.2) is 0 Å².